The van der Waals surface area contributed by atoms with Crippen LogP contribution in [0.15, 0.2) is 53.3 Å². The number of nitrogens with two attached hydrogens (primary N) is 2. The summed E-state index contributed by atoms with van der Waals surface area (Å²) in [5.41, 5.74) is 15.7. The number of esters is 1. The Labute approximate surface area is 322 Å². The third-order valence-electron chi connectivity index (χ3n) is 11.6. The van der Waals surface area contributed by atoms with Gasteiger partial charge in [0, 0.05) is 29.0 Å². The van der Waals surface area contributed by atoms with Crippen molar-refractivity contribution in [1.29, 1.82) is 0 Å². The van der Waals surface area contributed by atoms with E-state index in [1.54, 1.807) is 32.6 Å². The summed E-state index contributed by atoms with van der Waals surface area (Å²) in [7, 11) is 3.17. The lowest BCUT2D eigenvalue weighted by molar-refractivity contribution is -0.848. The molecule has 1 saturated carbocycles. The number of quaternary nitrogens is 1. The molecule has 17 heteroatoms. The number of carbonyl (C=O) groups excluding carboxylic acids is 2. The van der Waals surface area contributed by atoms with Crippen LogP contribution in [-0.4, -0.2) is 102 Å². The number of carboxylic acid groups (broad SMARTS) is 1. The second kappa shape index (κ2) is 15.0. The fraction of sp³-hybridized carbons (Fsp3) is 0.513. The van der Waals surface area contributed by atoms with Gasteiger partial charge >= 0.3 is 5.97 Å². The number of aliphatic imine (C=N–C) groups is 1. The minimum Gasteiger partial charge on any atom is -0.550 e. The van der Waals surface area contributed by atoms with Gasteiger partial charge in [-0.15, -0.1) is 0 Å². The first-order valence-corrected chi connectivity index (χ1v) is 18.8. The number of benzene rings is 2. The van der Waals surface area contributed by atoms with Crippen LogP contribution in [0.2, 0.25) is 0 Å². The van der Waals surface area contributed by atoms with Gasteiger partial charge in [0.15, 0.2) is 17.6 Å². The molecule has 0 radical (unpaired) electrons. The third-order valence-corrected chi connectivity index (χ3v) is 11.6. The molecule has 5 aliphatic heterocycles. The maximum absolute atomic E-state index is 12.3. The molecule has 9 atom stereocenters. The van der Waals surface area contributed by atoms with Gasteiger partial charge < -0.3 is 69.8 Å². The molecule has 17 nitrogen and oxygen atoms in total. The Morgan fingerprint density at radius 2 is 1.86 bits per heavy atom. The quantitative estimate of drug-likeness (QED) is 0.0886. The molecular formula is C39H46N4O13. The second-order valence-electron chi connectivity index (χ2n) is 15.1. The normalized spacial score (nSPS) is 29.9. The van der Waals surface area contributed by atoms with Crippen LogP contribution in [0.3, 0.4) is 0 Å². The molecule has 9 unspecified atom stereocenters. The van der Waals surface area contributed by atoms with E-state index in [1.165, 1.54) is 0 Å². The van der Waals surface area contributed by atoms with E-state index in [1.807, 2.05) is 18.2 Å². The molecule has 56 heavy (non-hydrogen) atoms. The molecule has 1 spiro atoms. The number of ether oxygens (including phenoxy) is 7. The van der Waals surface area contributed by atoms with E-state index < -0.39 is 73.0 Å². The predicted octanol–water partition coefficient (Wildman–Crippen LogP) is -1.25. The lowest BCUT2D eigenvalue weighted by Crippen LogP contribution is -3.05. The summed E-state index contributed by atoms with van der Waals surface area (Å²) >= 11 is 0. The number of hydrogen-bond donors (Lipinski definition) is 6. The van der Waals surface area contributed by atoms with Gasteiger partial charge in [-0.1, -0.05) is 12.5 Å². The number of nitrogens with one attached hydrogen (secondary N) is 1. The van der Waals surface area contributed by atoms with Gasteiger partial charge in [0.25, 0.3) is 0 Å². The highest BCUT2D eigenvalue weighted by Crippen LogP contribution is 2.64. The minimum absolute atomic E-state index is 0.174. The zero-order valence-electron chi connectivity index (χ0n) is 30.9. The standard InChI is InChI=1S/C39H46N4O13/c1-50-23-7-6-21-28-34(54-32(21)33(23)51-2)27-19(16-43-15-18-8-11-42-22(18)17-43)12-20(13-24(27)56-39(28)9-4-3-5-10-39)52-38-31(49)29(47)30(48)35(55-38)36(37(40)41)53-26(46)14-25(44)45/h6-8,11-13,15,28-31,34-38,47-49H,3-5,9-10,14,16-17,40-41H2,1-2H3,(H,44,45). The van der Waals surface area contributed by atoms with Gasteiger partial charge in [0.05, 0.1) is 44.3 Å². The number of methoxy groups -OCH3 is 2. The van der Waals surface area contributed by atoms with Crippen molar-refractivity contribution in [3.8, 4) is 28.7 Å². The molecule has 300 valence electrons. The van der Waals surface area contributed by atoms with Crippen molar-refractivity contribution >= 4 is 17.7 Å². The Kier molecular flexibility index (Phi) is 10.2. The van der Waals surface area contributed by atoms with E-state index >= 15 is 0 Å². The monoisotopic (exact) mass is 778 g/mol. The van der Waals surface area contributed by atoms with Gasteiger partial charge in [-0.2, -0.15) is 0 Å². The summed E-state index contributed by atoms with van der Waals surface area (Å²) < 4.78 is 43.0. The van der Waals surface area contributed by atoms with Crippen LogP contribution in [0.5, 0.6) is 28.7 Å². The fourth-order valence-corrected chi connectivity index (χ4v) is 9.10. The highest BCUT2D eigenvalue weighted by molar-refractivity contribution is 6.06. The number of fused-ring (bicyclic) bond motifs is 7. The van der Waals surface area contributed by atoms with Crippen LogP contribution in [0.4, 0.5) is 0 Å². The Morgan fingerprint density at radius 3 is 2.55 bits per heavy atom. The molecule has 8 rings (SSSR count). The molecule has 1 saturated heterocycles. The molecule has 1 aliphatic carbocycles. The first-order valence-electron chi connectivity index (χ1n) is 18.8. The Morgan fingerprint density at radius 1 is 1.07 bits per heavy atom. The molecule has 0 bridgehead atoms. The van der Waals surface area contributed by atoms with Crippen molar-refractivity contribution in [2.24, 2.45) is 16.5 Å². The molecule has 8 N–H and O–H groups in total. The van der Waals surface area contributed by atoms with E-state index in [9.17, 15) is 30.0 Å². The first kappa shape index (κ1) is 38.1. The molecule has 2 aromatic carbocycles. The molecule has 5 heterocycles. The number of aliphatic hydroxyl groups is 3. The van der Waals surface area contributed by atoms with Crippen molar-refractivity contribution in [3.05, 3.63) is 65.0 Å². The molecule has 2 aromatic rings. The summed E-state index contributed by atoms with van der Waals surface area (Å²) in [6.45, 7) is 1.10. The van der Waals surface area contributed by atoms with E-state index in [4.69, 9.17) is 44.6 Å². The smallest absolute Gasteiger partial charge is 0.311 e. The van der Waals surface area contributed by atoms with Crippen molar-refractivity contribution < 1.29 is 68.1 Å². The number of allylic oxidation sites excluding steroid dienone is 1. The van der Waals surface area contributed by atoms with Crippen molar-refractivity contribution in [1.82, 2.24) is 0 Å². The average molecular weight is 779 g/mol. The van der Waals surface area contributed by atoms with Crippen LogP contribution >= 0.6 is 0 Å². The molecule has 0 amide bonds. The summed E-state index contributed by atoms with van der Waals surface area (Å²) in [5, 5.41) is 44.0. The minimum atomic E-state index is -1.87. The van der Waals surface area contributed by atoms with Gasteiger partial charge in [-0.3, -0.25) is 14.7 Å². The molecular weight excluding hydrogens is 732 g/mol. The summed E-state index contributed by atoms with van der Waals surface area (Å²) in [5.74, 6) is -0.771. The molecule has 0 aromatic heterocycles. The van der Waals surface area contributed by atoms with Gasteiger partial charge in [-0.05, 0) is 43.9 Å². The van der Waals surface area contributed by atoms with Gasteiger partial charge in [0.2, 0.25) is 12.0 Å². The van der Waals surface area contributed by atoms with Crippen molar-refractivity contribution in [2.45, 2.75) is 106 Å². The number of carboxylic acids is 1. The predicted molar refractivity (Wildman–Crippen MR) is 192 cm³/mol. The number of nitrogens with zero attached hydrogens (tertiary/aromatic N) is 1. The number of aliphatic hydroxyl groups excluding tert-OH is 3. The number of carbonyl (C=O) groups is 2. The maximum Gasteiger partial charge on any atom is 0.311 e. The number of hydrogen-bond acceptors (Lipinski definition) is 16. The van der Waals surface area contributed by atoms with Gasteiger partial charge in [0.1, 0.15) is 72.6 Å². The zero-order chi connectivity index (χ0) is 39.5. The summed E-state index contributed by atoms with van der Waals surface area (Å²) in [4.78, 5) is 28.9. The molecule has 6 aliphatic rings. The lowest BCUT2D eigenvalue weighted by Gasteiger charge is -2.48. The zero-order valence-corrected chi connectivity index (χ0v) is 30.9. The Hall–Kier alpha value is -4.75. The van der Waals surface area contributed by atoms with Crippen LogP contribution < -0.4 is 45.2 Å². The van der Waals surface area contributed by atoms with Crippen molar-refractivity contribution in [3.63, 3.8) is 0 Å². The third kappa shape index (κ3) is 6.66. The average Bonchev–Trinajstić information content (AvgIpc) is 3.88. The Bertz CT molecular complexity index is 1980. The topological polar surface area (TPSA) is 251 Å². The second-order valence-corrected chi connectivity index (χ2v) is 15.1. The van der Waals surface area contributed by atoms with E-state index in [0.717, 1.165) is 65.0 Å². The maximum atomic E-state index is 12.3. The van der Waals surface area contributed by atoms with Crippen molar-refractivity contribution in [2.75, 3.05) is 20.8 Å². The van der Waals surface area contributed by atoms with E-state index in [2.05, 4.69) is 11.2 Å². The Balaban J connectivity index is 1.19. The van der Waals surface area contributed by atoms with E-state index in [-0.39, 0.29) is 11.7 Å². The van der Waals surface area contributed by atoms with Crippen LogP contribution in [0.1, 0.15) is 67.2 Å². The summed E-state index contributed by atoms with van der Waals surface area (Å²) in [6.07, 6.45) is -3.14. The summed E-state index contributed by atoms with van der Waals surface area (Å²) in [6, 6.07) is 7.41. The fourth-order valence-electron chi connectivity index (χ4n) is 9.10. The van der Waals surface area contributed by atoms with Crippen LogP contribution in [-0.2, 0) is 25.6 Å². The van der Waals surface area contributed by atoms with Crippen LogP contribution in [0, 0.1) is 0 Å². The SMILES string of the molecule is COc1ccc2c(c1OC)OC1c3c(C[NH+]4C=C5C=CN=C5C4)cc(OC4OC(C(OC(=O)CC(=O)[O-])C(N)N)C(O)C(O)C4O)cc3OC3(CCCCC3)C21. The molecule has 2 fully saturated rings. The number of rotatable bonds is 11. The van der Waals surface area contributed by atoms with E-state index in [0.29, 0.717) is 36.1 Å². The lowest BCUT2D eigenvalue weighted by atomic mass is 9.68. The van der Waals surface area contributed by atoms with Gasteiger partial charge in [-0.25, -0.2) is 0 Å². The first-order chi connectivity index (χ1) is 26.9. The highest BCUT2D eigenvalue weighted by Gasteiger charge is 2.58. The number of aliphatic carboxylic acids is 1. The largest absolute Gasteiger partial charge is 0.550 e. The highest BCUT2D eigenvalue weighted by atomic mass is 16.7. The van der Waals surface area contributed by atoms with Crippen LogP contribution in [0.25, 0.3) is 0 Å².